The fourth-order valence-electron chi connectivity index (χ4n) is 3.12. The smallest absolute Gasteiger partial charge is 0.224 e. The number of carbonyl (C=O) groups excluding carboxylic acids is 1. The molecule has 3 rings (SSSR count). The summed E-state index contributed by atoms with van der Waals surface area (Å²) in [5, 5.41) is 8.00. The molecule has 7 heteroatoms. The Balaban J connectivity index is 1.41. The van der Waals surface area contributed by atoms with Gasteiger partial charge in [-0.15, -0.1) is 0 Å². The predicted octanol–water partition coefficient (Wildman–Crippen LogP) is 2.35. The van der Waals surface area contributed by atoms with E-state index in [2.05, 4.69) is 32.4 Å². The number of amides is 1. The van der Waals surface area contributed by atoms with E-state index in [0.717, 1.165) is 37.5 Å². The fourth-order valence-corrected chi connectivity index (χ4v) is 3.24. The Labute approximate surface area is 153 Å². The molecular formula is C18H24ClN5O. The molecule has 134 valence electrons. The Morgan fingerprint density at radius 3 is 2.68 bits per heavy atom. The van der Waals surface area contributed by atoms with E-state index in [9.17, 15) is 4.79 Å². The van der Waals surface area contributed by atoms with Crippen LogP contribution in [0.2, 0.25) is 5.02 Å². The summed E-state index contributed by atoms with van der Waals surface area (Å²) in [5.41, 5.74) is 1.27. The fraction of sp³-hybridized carbons (Fsp3) is 0.500. The van der Waals surface area contributed by atoms with Gasteiger partial charge >= 0.3 is 0 Å². The highest BCUT2D eigenvalue weighted by Crippen LogP contribution is 2.16. The monoisotopic (exact) mass is 361 g/mol. The van der Waals surface area contributed by atoms with Crippen LogP contribution >= 0.6 is 11.6 Å². The maximum absolute atomic E-state index is 12.3. The minimum Gasteiger partial charge on any atom is -0.353 e. The second kappa shape index (κ2) is 8.45. The molecule has 0 radical (unpaired) electrons. The summed E-state index contributed by atoms with van der Waals surface area (Å²) in [4.78, 5) is 18.7. The van der Waals surface area contributed by atoms with Crippen LogP contribution in [-0.2, 0) is 17.9 Å². The molecule has 1 aromatic carbocycles. The Morgan fingerprint density at radius 1 is 1.32 bits per heavy atom. The first-order valence-corrected chi connectivity index (χ1v) is 9.07. The van der Waals surface area contributed by atoms with Crippen LogP contribution in [0.4, 0.5) is 0 Å². The zero-order valence-corrected chi connectivity index (χ0v) is 15.2. The highest BCUT2D eigenvalue weighted by atomic mass is 35.5. The van der Waals surface area contributed by atoms with E-state index in [4.69, 9.17) is 11.6 Å². The number of nitrogens with one attached hydrogen (secondary N) is 1. The van der Waals surface area contributed by atoms with E-state index in [0.29, 0.717) is 6.54 Å². The zero-order valence-electron chi connectivity index (χ0n) is 14.4. The number of hydrogen-bond donors (Lipinski definition) is 1. The number of piperidine rings is 1. The summed E-state index contributed by atoms with van der Waals surface area (Å²) in [6, 6.07) is 8.26. The second-order valence-corrected chi connectivity index (χ2v) is 7.14. The Bertz CT molecular complexity index is 665. The van der Waals surface area contributed by atoms with Crippen molar-refractivity contribution in [3.8, 4) is 0 Å². The number of nitrogens with zero attached hydrogens (tertiary/aromatic N) is 4. The van der Waals surface area contributed by atoms with Crippen LogP contribution in [0.5, 0.6) is 0 Å². The molecule has 1 aliphatic heterocycles. The average Bonchev–Trinajstić information content (AvgIpc) is 3.11. The minimum atomic E-state index is -0.117. The number of benzene rings is 1. The standard InChI is InChI=1S/C18H24ClN5O/c1-14(10-24-13-20-12-21-24)18(25)22-17-6-8-23(9-7-17)11-15-2-4-16(19)5-3-15/h2-5,12-14,17H,6-11H2,1H3,(H,22,25). The molecule has 6 nitrogen and oxygen atoms in total. The third-order valence-corrected chi connectivity index (χ3v) is 4.88. The van der Waals surface area contributed by atoms with Crippen molar-refractivity contribution < 1.29 is 4.79 Å². The molecule has 2 aromatic rings. The van der Waals surface area contributed by atoms with Crippen molar-refractivity contribution in [2.45, 2.75) is 38.9 Å². The Kier molecular flexibility index (Phi) is 6.04. The quantitative estimate of drug-likeness (QED) is 0.857. The first kappa shape index (κ1) is 17.9. The Hall–Kier alpha value is -1.92. The first-order valence-electron chi connectivity index (χ1n) is 8.70. The van der Waals surface area contributed by atoms with Gasteiger partial charge in [0.1, 0.15) is 12.7 Å². The normalized spacial score (nSPS) is 17.4. The molecule has 2 heterocycles. The maximum atomic E-state index is 12.3. The van der Waals surface area contributed by atoms with Gasteiger partial charge in [-0.1, -0.05) is 30.7 Å². The minimum absolute atomic E-state index is 0.0895. The average molecular weight is 362 g/mol. The predicted molar refractivity (Wildman–Crippen MR) is 97.1 cm³/mol. The van der Waals surface area contributed by atoms with Crippen LogP contribution < -0.4 is 5.32 Å². The van der Waals surface area contributed by atoms with Crippen LogP contribution in [0.15, 0.2) is 36.9 Å². The van der Waals surface area contributed by atoms with E-state index in [1.165, 1.54) is 11.9 Å². The van der Waals surface area contributed by atoms with Gasteiger partial charge < -0.3 is 5.32 Å². The highest BCUT2D eigenvalue weighted by Gasteiger charge is 2.23. The van der Waals surface area contributed by atoms with E-state index in [1.807, 2.05) is 19.1 Å². The molecule has 1 fully saturated rings. The van der Waals surface area contributed by atoms with Gasteiger partial charge in [-0.25, -0.2) is 4.98 Å². The third kappa shape index (κ3) is 5.28. The van der Waals surface area contributed by atoms with E-state index >= 15 is 0 Å². The Morgan fingerprint density at radius 2 is 2.04 bits per heavy atom. The molecule has 0 spiro atoms. The van der Waals surface area contributed by atoms with Crippen LogP contribution in [0.3, 0.4) is 0 Å². The number of halogens is 1. The van der Waals surface area contributed by atoms with Crippen LogP contribution in [0.1, 0.15) is 25.3 Å². The lowest BCUT2D eigenvalue weighted by Crippen LogP contribution is -2.46. The van der Waals surface area contributed by atoms with Crippen molar-refractivity contribution in [2.24, 2.45) is 5.92 Å². The number of hydrogen-bond acceptors (Lipinski definition) is 4. The highest BCUT2D eigenvalue weighted by molar-refractivity contribution is 6.30. The lowest BCUT2D eigenvalue weighted by molar-refractivity contribution is -0.126. The summed E-state index contributed by atoms with van der Waals surface area (Å²) in [7, 11) is 0. The molecule has 1 atom stereocenters. The van der Waals surface area contributed by atoms with Gasteiger partial charge in [0.2, 0.25) is 5.91 Å². The molecule has 1 aliphatic rings. The second-order valence-electron chi connectivity index (χ2n) is 6.70. The summed E-state index contributed by atoms with van der Waals surface area (Å²) in [6.07, 6.45) is 5.09. The van der Waals surface area contributed by atoms with Crippen LogP contribution in [0, 0.1) is 5.92 Å². The maximum Gasteiger partial charge on any atom is 0.224 e. The van der Waals surface area contributed by atoms with Gasteiger partial charge in [0.05, 0.1) is 12.5 Å². The van der Waals surface area contributed by atoms with Gasteiger partial charge in [-0.05, 0) is 30.5 Å². The number of carbonyl (C=O) groups is 1. The zero-order chi connectivity index (χ0) is 17.6. The van der Waals surface area contributed by atoms with Gasteiger partial charge in [0, 0.05) is 30.7 Å². The van der Waals surface area contributed by atoms with Gasteiger partial charge in [-0.2, -0.15) is 5.10 Å². The lowest BCUT2D eigenvalue weighted by atomic mass is 10.0. The van der Waals surface area contributed by atoms with Crippen LogP contribution in [-0.4, -0.2) is 44.7 Å². The molecule has 25 heavy (non-hydrogen) atoms. The third-order valence-electron chi connectivity index (χ3n) is 4.63. The van der Waals surface area contributed by atoms with Gasteiger partial charge in [-0.3, -0.25) is 14.4 Å². The summed E-state index contributed by atoms with van der Waals surface area (Å²) in [5.74, 6) is -0.0274. The molecule has 1 N–H and O–H groups in total. The molecule has 1 amide bonds. The molecule has 0 saturated carbocycles. The number of aromatic nitrogens is 3. The van der Waals surface area contributed by atoms with E-state index in [-0.39, 0.29) is 17.9 Å². The van der Waals surface area contributed by atoms with Gasteiger partial charge in [0.25, 0.3) is 0 Å². The van der Waals surface area contributed by atoms with Gasteiger partial charge in [0.15, 0.2) is 0 Å². The number of likely N-dealkylation sites (tertiary alicyclic amines) is 1. The van der Waals surface area contributed by atoms with E-state index in [1.54, 1.807) is 11.0 Å². The molecule has 1 aromatic heterocycles. The number of rotatable bonds is 6. The SMILES string of the molecule is CC(Cn1cncn1)C(=O)NC1CCN(Cc2ccc(Cl)cc2)CC1. The molecule has 0 bridgehead atoms. The molecule has 0 aliphatic carbocycles. The summed E-state index contributed by atoms with van der Waals surface area (Å²) < 4.78 is 1.69. The van der Waals surface area contributed by atoms with Crippen molar-refractivity contribution in [1.82, 2.24) is 25.0 Å². The van der Waals surface area contributed by atoms with E-state index < -0.39 is 0 Å². The lowest BCUT2D eigenvalue weighted by Gasteiger charge is -2.32. The van der Waals surface area contributed by atoms with Crippen molar-refractivity contribution in [1.29, 1.82) is 0 Å². The summed E-state index contributed by atoms with van der Waals surface area (Å²) in [6.45, 7) is 5.39. The van der Waals surface area contributed by atoms with Crippen molar-refractivity contribution in [2.75, 3.05) is 13.1 Å². The molecular weight excluding hydrogens is 338 g/mol. The first-order chi connectivity index (χ1) is 12.1. The summed E-state index contributed by atoms with van der Waals surface area (Å²) >= 11 is 5.93. The molecule has 1 saturated heterocycles. The van der Waals surface area contributed by atoms with Crippen LogP contribution in [0.25, 0.3) is 0 Å². The van der Waals surface area contributed by atoms with Crippen molar-refractivity contribution >= 4 is 17.5 Å². The topological polar surface area (TPSA) is 63.1 Å². The van der Waals surface area contributed by atoms with Crippen molar-refractivity contribution in [3.05, 3.63) is 47.5 Å². The van der Waals surface area contributed by atoms with Crippen molar-refractivity contribution in [3.63, 3.8) is 0 Å². The molecule has 1 unspecified atom stereocenters. The largest absolute Gasteiger partial charge is 0.353 e.